The highest BCUT2D eigenvalue weighted by Crippen LogP contribution is 2.16. The van der Waals surface area contributed by atoms with Gasteiger partial charge in [-0.25, -0.2) is 4.79 Å². The van der Waals surface area contributed by atoms with Gasteiger partial charge in [-0.15, -0.1) is 0 Å². The van der Waals surface area contributed by atoms with E-state index in [1.165, 1.54) is 0 Å². The number of amides is 2. The predicted octanol–water partition coefficient (Wildman–Crippen LogP) is 3.05. The number of rotatable bonds is 3. The van der Waals surface area contributed by atoms with Gasteiger partial charge in [0.25, 0.3) is 0 Å². The van der Waals surface area contributed by atoms with Crippen molar-refractivity contribution in [3.05, 3.63) is 46.7 Å². The molecule has 20 heavy (non-hydrogen) atoms. The van der Waals surface area contributed by atoms with Crippen LogP contribution in [0.3, 0.4) is 0 Å². The number of carbonyl (C=O) groups excluding carboxylic acids is 1. The first-order chi connectivity index (χ1) is 9.47. The Bertz CT molecular complexity index is 623. The number of urea groups is 1. The highest BCUT2D eigenvalue weighted by molar-refractivity contribution is 6.30. The number of hydrogen-bond acceptors (Lipinski definition) is 2. The Morgan fingerprint density at radius 2 is 2.25 bits per heavy atom. The smallest absolute Gasteiger partial charge is 0.321 e. The van der Waals surface area contributed by atoms with Crippen LogP contribution in [-0.4, -0.2) is 27.8 Å². The molecule has 1 aromatic heterocycles. The third kappa shape index (κ3) is 3.30. The molecule has 106 valence electrons. The van der Waals surface area contributed by atoms with Gasteiger partial charge >= 0.3 is 6.03 Å². The molecule has 2 amide bonds. The molecule has 1 N–H and O–H groups in total. The number of anilines is 1. The summed E-state index contributed by atoms with van der Waals surface area (Å²) in [5.74, 6) is 0. The van der Waals surface area contributed by atoms with E-state index in [9.17, 15) is 4.79 Å². The number of aromatic nitrogens is 2. The summed E-state index contributed by atoms with van der Waals surface area (Å²) in [5.41, 5.74) is 2.75. The molecule has 2 aromatic rings. The monoisotopic (exact) mass is 292 g/mol. The first-order valence-corrected chi connectivity index (χ1v) is 6.60. The minimum Gasteiger partial charge on any atom is -0.323 e. The molecule has 0 spiro atoms. The number of carbonyl (C=O) groups is 1. The lowest BCUT2D eigenvalue weighted by Gasteiger charge is -2.18. The highest BCUT2D eigenvalue weighted by Gasteiger charge is 2.12. The Hall–Kier alpha value is -2.01. The van der Waals surface area contributed by atoms with Crippen LogP contribution < -0.4 is 5.32 Å². The second-order valence-electron chi connectivity index (χ2n) is 4.68. The molecule has 0 atom stereocenters. The van der Waals surface area contributed by atoms with Gasteiger partial charge in [-0.3, -0.25) is 4.68 Å². The van der Waals surface area contributed by atoms with Crippen molar-refractivity contribution in [3.63, 3.8) is 0 Å². The largest absolute Gasteiger partial charge is 0.323 e. The van der Waals surface area contributed by atoms with Gasteiger partial charge in [0.2, 0.25) is 0 Å². The van der Waals surface area contributed by atoms with Crippen molar-refractivity contribution < 1.29 is 4.79 Å². The summed E-state index contributed by atoms with van der Waals surface area (Å²) in [6.07, 6.45) is 1.78. The van der Waals surface area contributed by atoms with E-state index in [1.807, 2.05) is 14.0 Å². The van der Waals surface area contributed by atoms with Gasteiger partial charge in [-0.2, -0.15) is 5.10 Å². The summed E-state index contributed by atoms with van der Waals surface area (Å²) in [7, 11) is 3.62. The van der Waals surface area contributed by atoms with Gasteiger partial charge in [0.15, 0.2) is 0 Å². The van der Waals surface area contributed by atoms with E-state index in [4.69, 9.17) is 11.6 Å². The van der Waals surface area contributed by atoms with Crippen LogP contribution in [0.4, 0.5) is 10.5 Å². The SMILES string of the molecule is Cc1c(CN(C)C(=O)Nc2cccc(Cl)c2)cnn1C. The molecule has 0 aliphatic carbocycles. The standard InChI is InChI=1S/C14H17ClN4O/c1-10-11(8-16-19(10)3)9-18(2)14(20)17-13-6-4-5-12(15)7-13/h4-8H,9H2,1-3H3,(H,17,20). The average molecular weight is 293 g/mol. The van der Waals surface area contributed by atoms with E-state index in [-0.39, 0.29) is 6.03 Å². The summed E-state index contributed by atoms with van der Waals surface area (Å²) in [5, 5.41) is 7.56. The normalized spacial score (nSPS) is 10.4. The van der Waals surface area contributed by atoms with Crippen LogP contribution in [0, 0.1) is 6.92 Å². The van der Waals surface area contributed by atoms with E-state index < -0.39 is 0 Å². The minimum absolute atomic E-state index is 0.185. The molecule has 0 aliphatic rings. The summed E-state index contributed by atoms with van der Waals surface area (Å²) in [6.45, 7) is 2.48. The van der Waals surface area contributed by atoms with Crippen LogP contribution in [0.2, 0.25) is 5.02 Å². The van der Waals surface area contributed by atoms with Gasteiger partial charge in [0.1, 0.15) is 0 Å². The van der Waals surface area contributed by atoms with E-state index in [0.29, 0.717) is 17.3 Å². The third-order valence-electron chi connectivity index (χ3n) is 3.17. The molecule has 1 heterocycles. The molecule has 0 aliphatic heterocycles. The second-order valence-corrected chi connectivity index (χ2v) is 5.11. The molecular weight excluding hydrogens is 276 g/mol. The maximum Gasteiger partial charge on any atom is 0.321 e. The molecule has 2 rings (SSSR count). The maximum atomic E-state index is 12.1. The topological polar surface area (TPSA) is 50.2 Å². The maximum absolute atomic E-state index is 12.1. The lowest BCUT2D eigenvalue weighted by Crippen LogP contribution is -2.30. The molecule has 0 fully saturated rings. The molecule has 1 aromatic carbocycles. The Labute approximate surface area is 123 Å². The summed E-state index contributed by atoms with van der Waals surface area (Å²) in [6, 6.07) is 6.88. The second kappa shape index (κ2) is 5.96. The Balaban J connectivity index is 2.00. The first-order valence-electron chi connectivity index (χ1n) is 6.22. The molecule has 0 bridgehead atoms. The van der Waals surface area contributed by atoms with Crippen molar-refractivity contribution in [2.45, 2.75) is 13.5 Å². The fourth-order valence-electron chi connectivity index (χ4n) is 1.81. The van der Waals surface area contributed by atoms with Crippen molar-refractivity contribution in [2.24, 2.45) is 7.05 Å². The van der Waals surface area contributed by atoms with Crippen molar-refractivity contribution in [1.82, 2.24) is 14.7 Å². The number of nitrogens with one attached hydrogen (secondary N) is 1. The van der Waals surface area contributed by atoms with E-state index in [1.54, 1.807) is 47.1 Å². The lowest BCUT2D eigenvalue weighted by molar-refractivity contribution is 0.220. The minimum atomic E-state index is -0.185. The molecule has 5 nitrogen and oxygen atoms in total. The van der Waals surface area contributed by atoms with Crippen LogP contribution in [0.5, 0.6) is 0 Å². The molecule has 0 unspecified atom stereocenters. The van der Waals surface area contributed by atoms with E-state index in [0.717, 1.165) is 11.3 Å². The Morgan fingerprint density at radius 1 is 1.50 bits per heavy atom. The third-order valence-corrected chi connectivity index (χ3v) is 3.40. The number of hydrogen-bond donors (Lipinski definition) is 1. The van der Waals surface area contributed by atoms with E-state index in [2.05, 4.69) is 10.4 Å². The van der Waals surface area contributed by atoms with Crippen LogP contribution in [0.25, 0.3) is 0 Å². The summed E-state index contributed by atoms with van der Waals surface area (Å²) in [4.78, 5) is 13.7. The Morgan fingerprint density at radius 3 is 2.85 bits per heavy atom. The molecule has 0 saturated carbocycles. The van der Waals surface area contributed by atoms with E-state index >= 15 is 0 Å². The van der Waals surface area contributed by atoms with Crippen molar-refractivity contribution in [3.8, 4) is 0 Å². The molecule has 6 heteroatoms. The van der Waals surface area contributed by atoms with Crippen LogP contribution in [0.1, 0.15) is 11.3 Å². The zero-order valence-electron chi connectivity index (χ0n) is 11.7. The Kier molecular flexibility index (Phi) is 4.29. The summed E-state index contributed by atoms with van der Waals surface area (Å²) < 4.78 is 1.79. The fourth-order valence-corrected chi connectivity index (χ4v) is 2.00. The number of nitrogens with zero attached hydrogens (tertiary/aromatic N) is 3. The van der Waals surface area contributed by atoms with Gasteiger partial charge in [-0.1, -0.05) is 17.7 Å². The number of benzene rings is 1. The van der Waals surface area contributed by atoms with Crippen LogP contribution in [-0.2, 0) is 13.6 Å². The highest BCUT2D eigenvalue weighted by atomic mass is 35.5. The molecular formula is C14H17ClN4O. The zero-order valence-corrected chi connectivity index (χ0v) is 12.5. The number of aryl methyl sites for hydroxylation is 1. The van der Waals surface area contributed by atoms with Crippen LogP contribution in [0.15, 0.2) is 30.5 Å². The molecule has 0 radical (unpaired) electrons. The quantitative estimate of drug-likeness (QED) is 0.945. The van der Waals surface area contributed by atoms with Gasteiger partial charge in [0.05, 0.1) is 12.7 Å². The van der Waals surface area contributed by atoms with Gasteiger partial charge in [0, 0.05) is 36.1 Å². The summed E-state index contributed by atoms with van der Waals surface area (Å²) >= 11 is 5.89. The van der Waals surface area contributed by atoms with Gasteiger partial charge < -0.3 is 10.2 Å². The predicted molar refractivity (Wildman–Crippen MR) is 79.9 cm³/mol. The zero-order chi connectivity index (χ0) is 14.7. The van der Waals surface area contributed by atoms with Crippen molar-refractivity contribution in [1.29, 1.82) is 0 Å². The fraction of sp³-hybridized carbons (Fsp3) is 0.286. The molecule has 0 saturated heterocycles. The van der Waals surface area contributed by atoms with Gasteiger partial charge in [-0.05, 0) is 25.1 Å². The average Bonchev–Trinajstić information content (AvgIpc) is 2.70. The van der Waals surface area contributed by atoms with Crippen molar-refractivity contribution >= 4 is 23.3 Å². The number of halogens is 1. The lowest BCUT2D eigenvalue weighted by atomic mass is 10.2. The van der Waals surface area contributed by atoms with Crippen molar-refractivity contribution in [2.75, 3.05) is 12.4 Å². The van der Waals surface area contributed by atoms with Crippen LogP contribution >= 0.6 is 11.6 Å². The first kappa shape index (κ1) is 14.4.